The summed E-state index contributed by atoms with van der Waals surface area (Å²) < 4.78 is 149. The molecule has 0 spiro atoms. The summed E-state index contributed by atoms with van der Waals surface area (Å²) >= 11 is 0. The summed E-state index contributed by atoms with van der Waals surface area (Å²) in [5.74, 6) is -15.8. The van der Waals surface area contributed by atoms with Crippen molar-refractivity contribution in [2.45, 2.75) is 126 Å². The van der Waals surface area contributed by atoms with Crippen LogP contribution < -0.4 is 0 Å². The van der Waals surface area contributed by atoms with E-state index >= 15 is 0 Å². The lowest BCUT2D eigenvalue weighted by Gasteiger charge is -2.19. The third kappa shape index (κ3) is 8.72. The molecule has 11 heteroatoms. The van der Waals surface area contributed by atoms with Gasteiger partial charge in [-0.2, -0.15) is 0 Å². The summed E-state index contributed by atoms with van der Waals surface area (Å²) in [4.78, 5) is 0. The number of halogens is 11. The van der Waals surface area contributed by atoms with Crippen LogP contribution >= 0.6 is 0 Å². The largest absolute Gasteiger partial charge is 0.206 e. The molecule has 0 unspecified atom stereocenters. The molecule has 0 aromatic heterocycles. The van der Waals surface area contributed by atoms with Crippen LogP contribution in [0.1, 0.15) is 158 Å². The Labute approximate surface area is 276 Å². The SMILES string of the molecule is CC(C)c1c(F)c(F)c(C(C)C)c(F)c1F.CC(C)c1c(F)c(F)c(F)c(C(C)C)c1F.Cc1c(F)c(F)c(C(C)C)c(C(C)C)c1F. The van der Waals surface area contributed by atoms with Gasteiger partial charge in [0, 0.05) is 27.8 Å². The monoisotopic (exact) mass is 698 g/mol. The number of hydrogen-bond donors (Lipinski definition) is 0. The first-order chi connectivity index (χ1) is 21.9. The minimum absolute atomic E-state index is 0.161. The van der Waals surface area contributed by atoms with Crippen molar-refractivity contribution in [2.24, 2.45) is 0 Å². The molecule has 0 N–H and O–H groups in total. The van der Waals surface area contributed by atoms with Gasteiger partial charge in [-0.25, -0.2) is 48.3 Å². The van der Waals surface area contributed by atoms with E-state index in [0.29, 0.717) is 5.56 Å². The Morgan fingerprint density at radius 1 is 0.229 bits per heavy atom. The zero-order valence-corrected chi connectivity index (χ0v) is 29.6. The lowest BCUT2D eigenvalue weighted by Crippen LogP contribution is -2.11. The minimum Gasteiger partial charge on any atom is -0.206 e. The van der Waals surface area contributed by atoms with Gasteiger partial charge in [0.05, 0.1) is 0 Å². The van der Waals surface area contributed by atoms with Gasteiger partial charge in [-0.15, -0.1) is 0 Å². The fourth-order valence-electron chi connectivity index (χ4n) is 5.31. The maximum absolute atomic E-state index is 13.9. The normalized spacial score (nSPS) is 11.6. The van der Waals surface area contributed by atoms with E-state index in [0.717, 1.165) is 0 Å². The third-order valence-electron chi connectivity index (χ3n) is 7.74. The molecule has 3 aromatic rings. The molecule has 0 saturated heterocycles. The lowest BCUT2D eigenvalue weighted by molar-refractivity contribution is 0.407. The molecule has 0 saturated carbocycles. The van der Waals surface area contributed by atoms with Gasteiger partial charge in [0.1, 0.15) is 11.6 Å². The second-order valence-electron chi connectivity index (χ2n) is 13.5. The van der Waals surface area contributed by atoms with Gasteiger partial charge in [0.2, 0.25) is 0 Å². The molecule has 0 radical (unpaired) electrons. The predicted octanol–water partition coefficient (Wildman–Crippen LogP) is 13.6. The van der Waals surface area contributed by atoms with E-state index in [1.165, 1.54) is 62.3 Å². The summed E-state index contributed by atoms with van der Waals surface area (Å²) in [7, 11) is 0. The van der Waals surface area contributed by atoms with Crippen LogP contribution in [0.2, 0.25) is 0 Å². The Balaban J connectivity index is 0.000000360. The molecule has 0 atom stereocenters. The molecule has 48 heavy (non-hydrogen) atoms. The standard InChI is InChI=1S/C13H17F3.2C12H14F4/c1-6(2)9-10(7(3)4)13(16)12(15)8(5)11(9)14;1-5(2)7-9(13)11(15)8(6(3)4)12(16)10(7)14;1-5(2)7-9(13)8(6(3)4)11(15)12(16)10(7)14/h6-7H,1-5H3;2*5-6H,1-4H3. The molecule has 0 fully saturated rings. The van der Waals surface area contributed by atoms with Crippen molar-refractivity contribution in [1.29, 1.82) is 0 Å². The highest BCUT2D eigenvalue weighted by Crippen LogP contribution is 2.36. The molecule has 0 bridgehead atoms. The molecule has 0 amide bonds. The maximum atomic E-state index is 13.9. The summed E-state index contributed by atoms with van der Waals surface area (Å²) in [5, 5.41) is 0. The van der Waals surface area contributed by atoms with Gasteiger partial charge in [-0.3, -0.25) is 0 Å². The van der Waals surface area contributed by atoms with Gasteiger partial charge in [0.15, 0.2) is 52.4 Å². The second kappa shape index (κ2) is 17.0. The van der Waals surface area contributed by atoms with Crippen molar-refractivity contribution in [3.05, 3.63) is 103 Å². The number of benzene rings is 3. The van der Waals surface area contributed by atoms with E-state index in [1.807, 2.05) is 0 Å². The van der Waals surface area contributed by atoms with E-state index in [2.05, 4.69) is 0 Å². The van der Waals surface area contributed by atoms with Crippen molar-refractivity contribution < 1.29 is 48.3 Å². The summed E-state index contributed by atoms with van der Waals surface area (Å²) in [6.07, 6.45) is 0. The Hall–Kier alpha value is -3.11. The van der Waals surface area contributed by atoms with E-state index in [1.54, 1.807) is 27.7 Å². The van der Waals surface area contributed by atoms with Gasteiger partial charge in [-0.1, -0.05) is 83.1 Å². The molecule has 0 nitrogen and oxygen atoms in total. The summed E-state index contributed by atoms with van der Waals surface area (Å²) in [6.45, 7) is 20.3. The van der Waals surface area contributed by atoms with Crippen LogP contribution in [0.4, 0.5) is 48.3 Å². The van der Waals surface area contributed by atoms with Gasteiger partial charge in [0.25, 0.3) is 0 Å². The first-order valence-electron chi connectivity index (χ1n) is 15.7. The third-order valence-corrected chi connectivity index (χ3v) is 7.74. The summed E-state index contributed by atoms with van der Waals surface area (Å²) in [5.41, 5.74) is -1.60. The minimum atomic E-state index is -1.59. The maximum Gasteiger partial charge on any atom is 0.195 e. The smallest absolute Gasteiger partial charge is 0.195 e. The predicted molar refractivity (Wildman–Crippen MR) is 168 cm³/mol. The Morgan fingerprint density at radius 3 is 0.667 bits per heavy atom. The zero-order valence-electron chi connectivity index (χ0n) is 29.6. The molecule has 0 aliphatic heterocycles. The molecule has 270 valence electrons. The molecule has 0 aliphatic carbocycles. The Bertz CT molecular complexity index is 1460. The number of hydrogen-bond acceptors (Lipinski definition) is 0. The van der Waals surface area contributed by atoms with Crippen molar-refractivity contribution in [2.75, 3.05) is 0 Å². The van der Waals surface area contributed by atoms with Gasteiger partial charge < -0.3 is 0 Å². The van der Waals surface area contributed by atoms with E-state index in [4.69, 9.17) is 0 Å². The Morgan fingerprint density at radius 2 is 0.417 bits per heavy atom. The Kier molecular flexibility index (Phi) is 15.2. The fourth-order valence-corrected chi connectivity index (χ4v) is 5.31. The number of rotatable bonds is 6. The average molecular weight is 699 g/mol. The lowest BCUT2D eigenvalue weighted by atomic mass is 9.88. The highest BCUT2D eigenvalue weighted by Gasteiger charge is 2.29. The van der Waals surface area contributed by atoms with Crippen molar-refractivity contribution in [3.63, 3.8) is 0 Å². The van der Waals surface area contributed by atoms with Crippen LogP contribution in [-0.4, -0.2) is 0 Å². The van der Waals surface area contributed by atoms with E-state index < -0.39 is 98.8 Å². The average Bonchev–Trinajstić information content (AvgIpc) is 2.95. The first-order valence-corrected chi connectivity index (χ1v) is 15.7. The van der Waals surface area contributed by atoms with E-state index in [9.17, 15) is 48.3 Å². The molecule has 3 aromatic carbocycles. The highest BCUT2D eigenvalue weighted by atomic mass is 19.2. The van der Waals surface area contributed by atoms with Crippen LogP contribution in [0.25, 0.3) is 0 Å². The van der Waals surface area contributed by atoms with Crippen molar-refractivity contribution >= 4 is 0 Å². The molecule has 0 aliphatic rings. The summed E-state index contributed by atoms with van der Waals surface area (Å²) in [6, 6.07) is 0. The first kappa shape index (κ1) is 42.9. The second-order valence-corrected chi connectivity index (χ2v) is 13.5. The highest BCUT2D eigenvalue weighted by molar-refractivity contribution is 5.40. The quantitative estimate of drug-likeness (QED) is 0.137. The molecule has 0 heterocycles. The van der Waals surface area contributed by atoms with Gasteiger partial charge >= 0.3 is 0 Å². The van der Waals surface area contributed by atoms with Crippen LogP contribution in [0.15, 0.2) is 0 Å². The van der Waals surface area contributed by atoms with E-state index in [-0.39, 0.29) is 34.1 Å². The fraction of sp³-hybridized carbons (Fsp3) is 0.514. The molecule has 3 rings (SSSR count). The van der Waals surface area contributed by atoms with Crippen LogP contribution in [0.3, 0.4) is 0 Å². The van der Waals surface area contributed by atoms with Crippen LogP contribution in [0, 0.1) is 70.9 Å². The van der Waals surface area contributed by atoms with Crippen molar-refractivity contribution in [3.8, 4) is 0 Å². The van der Waals surface area contributed by atoms with Crippen LogP contribution in [-0.2, 0) is 0 Å². The molecular weight excluding hydrogens is 653 g/mol. The zero-order chi connectivity index (χ0) is 37.9. The van der Waals surface area contributed by atoms with Crippen LogP contribution in [0.5, 0.6) is 0 Å². The van der Waals surface area contributed by atoms with Gasteiger partial charge in [-0.05, 0) is 53.6 Å². The van der Waals surface area contributed by atoms with Crippen molar-refractivity contribution in [1.82, 2.24) is 0 Å². The molecular formula is C37H45F11. The topological polar surface area (TPSA) is 0 Å².